The van der Waals surface area contributed by atoms with E-state index in [0.717, 1.165) is 31.7 Å². The van der Waals surface area contributed by atoms with E-state index in [2.05, 4.69) is 54.2 Å². The summed E-state index contributed by atoms with van der Waals surface area (Å²) in [5, 5.41) is 11.4. The Hall–Kier alpha value is -1.91. The van der Waals surface area contributed by atoms with Crippen LogP contribution in [0.4, 0.5) is 5.82 Å². The summed E-state index contributed by atoms with van der Waals surface area (Å²) in [6.07, 6.45) is 5.86. The topological polar surface area (TPSA) is 58.1 Å². The van der Waals surface area contributed by atoms with Crippen LogP contribution in [0.2, 0.25) is 0 Å². The molecule has 1 N–H and O–H groups in total. The molecule has 1 amide bonds. The number of carbonyl (C=O) groups excluding carboxylic acids is 1. The normalized spacial score (nSPS) is 25.9. The Morgan fingerprint density at radius 3 is 2.62 bits per heavy atom. The standard InChI is InChI=1S/C19H28N4O/c1-13(2)12-15-17(19(15,3)4)18(24)23-10-7-14(8-11-23)21-16-6-5-9-20-22-16/h5-6,9,12,14-15,17H,7-8,10-11H2,1-4H3,(H,21,22)/t15-,17+/m1/s1. The van der Waals surface area contributed by atoms with E-state index in [9.17, 15) is 4.79 Å². The molecule has 0 spiro atoms. The summed E-state index contributed by atoms with van der Waals surface area (Å²) in [6, 6.07) is 4.18. The number of likely N-dealkylation sites (tertiary alicyclic amines) is 1. The van der Waals surface area contributed by atoms with Gasteiger partial charge in [0.25, 0.3) is 0 Å². The molecule has 1 aromatic rings. The van der Waals surface area contributed by atoms with Crippen molar-refractivity contribution in [2.45, 2.75) is 46.6 Å². The summed E-state index contributed by atoms with van der Waals surface area (Å²) in [7, 11) is 0. The van der Waals surface area contributed by atoms with E-state index in [1.54, 1.807) is 6.20 Å². The lowest BCUT2D eigenvalue weighted by molar-refractivity contribution is -0.134. The largest absolute Gasteiger partial charge is 0.366 e. The average molecular weight is 328 g/mol. The number of carbonyl (C=O) groups is 1. The minimum absolute atomic E-state index is 0.100. The summed E-state index contributed by atoms with van der Waals surface area (Å²) in [6.45, 7) is 10.3. The Bertz CT molecular complexity index is 614. The molecule has 5 heteroatoms. The van der Waals surface area contributed by atoms with Crippen molar-refractivity contribution in [1.82, 2.24) is 15.1 Å². The molecule has 1 saturated heterocycles. The molecule has 24 heavy (non-hydrogen) atoms. The fourth-order valence-corrected chi connectivity index (χ4v) is 3.85. The highest BCUT2D eigenvalue weighted by Gasteiger charge is 2.61. The highest BCUT2D eigenvalue weighted by atomic mass is 16.2. The van der Waals surface area contributed by atoms with Crippen LogP contribution in [0.15, 0.2) is 30.0 Å². The quantitative estimate of drug-likeness (QED) is 0.863. The molecule has 0 bridgehead atoms. The zero-order valence-electron chi connectivity index (χ0n) is 15.1. The van der Waals surface area contributed by atoms with Gasteiger partial charge in [-0.05, 0) is 50.2 Å². The molecule has 3 rings (SSSR count). The molecule has 1 aromatic heterocycles. The van der Waals surface area contributed by atoms with Gasteiger partial charge in [-0.3, -0.25) is 4.79 Å². The van der Waals surface area contributed by atoms with Crippen molar-refractivity contribution in [3.05, 3.63) is 30.0 Å². The summed E-state index contributed by atoms with van der Waals surface area (Å²) in [4.78, 5) is 14.9. The first-order chi connectivity index (χ1) is 11.4. The highest BCUT2D eigenvalue weighted by molar-refractivity contribution is 5.84. The van der Waals surface area contributed by atoms with E-state index in [0.29, 0.717) is 17.9 Å². The number of amides is 1. The van der Waals surface area contributed by atoms with Gasteiger partial charge in [-0.1, -0.05) is 25.5 Å². The summed E-state index contributed by atoms with van der Waals surface area (Å²) in [5.74, 6) is 1.69. The predicted octanol–water partition coefficient (Wildman–Crippen LogP) is 3.12. The molecular formula is C19H28N4O. The van der Waals surface area contributed by atoms with Gasteiger partial charge in [-0.2, -0.15) is 5.10 Å². The second-order valence-corrected chi connectivity index (χ2v) is 7.92. The number of hydrogen-bond acceptors (Lipinski definition) is 4. The molecule has 2 atom stereocenters. The highest BCUT2D eigenvalue weighted by Crippen LogP contribution is 2.60. The summed E-state index contributed by atoms with van der Waals surface area (Å²) in [5.41, 5.74) is 1.40. The van der Waals surface area contributed by atoms with Gasteiger partial charge in [-0.15, -0.1) is 5.10 Å². The zero-order valence-corrected chi connectivity index (χ0v) is 15.1. The molecule has 2 fully saturated rings. The minimum atomic E-state index is 0.100. The predicted molar refractivity (Wildman–Crippen MR) is 95.4 cm³/mol. The molecule has 2 aliphatic rings. The smallest absolute Gasteiger partial charge is 0.226 e. The maximum Gasteiger partial charge on any atom is 0.226 e. The Kier molecular flexibility index (Phi) is 4.61. The van der Waals surface area contributed by atoms with Crippen LogP contribution in [-0.4, -0.2) is 40.1 Å². The van der Waals surface area contributed by atoms with Gasteiger partial charge < -0.3 is 10.2 Å². The van der Waals surface area contributed by atoms with E-state index in [1.165, 1.54) is 5.57 Å². The van der Waals surface area contributed by atoms with Crippen LogP contribution < -0.4 is 5.32 Å². The van der Waals surface area contributed by atoms with E-state index in [1.807, 2.05) is 12.1 Å². The van der Waals surface area contributed by atoms with Crippen molar-refractivity contribution < 1.29 is 4.79 Å². The maximum atomic E-state index is 12.9. The Morgan fingerprint density at radius 2 is 2.04 bits per heavy atom. The van der Waals surface area contributed by atoms with Crippen molar-refractivity contribution in [2.75, 3.05) is 18.4 Å². The maximum absolute atomic E-state index is 12.9. The van der Waals surface area contributed by atoms with Crippen LogP contribution in [0.5, 0.6) is 0 Å². The average Bonchev–Trinajstić information content (AvgIpc) is 3.08. The van der Waals surface area contributed by atoms with E-state index in [4.69, 9.17) is 0 Å². The SMILES string of the molecule is CC(C)=C[C@@H]1[C@@H](C(=O)N2CCC(Nc3cccnn3)CC2)C1(C)C. The minimum Gasteiger partial charge on any atom is -0.366 e. The number of allylic oxidation sites excluding steroid dienone is 2. The fraction of sp³-hybridized carbons (Fsp3) is 0.632. The van der Waals surface area contributed by atoms with E-state index in [-0.39, 0.29) is 11.3 Å². The van der Waals surface area contributed by atoms with Crippen LogP contribution in [-0.2, 0) is 4.79 Å². The molecule has 1 aliphatic carbocycles. The number of nitrogens with zero attached hydrogens (tertiary/aromatic N) is 3. The zero-order chi connectivity index (χ0) is 17.3. The third kappa shape index (κ3) is 3.45. The summed E-state index contributed by atoms with van der Waals surface area (Å²) < 4.78 is 0. The first kappa shape index (κ1) is 16.9. The number of hydrogen-bond donors (Lipinski definition) is 1. The number of piperidine rings is 1. The van der Waals surface area contributed by atoms with Gasteiger partial charge in [0.2, 0.25) is 5.91 Å². The van der Waals surface area contributed by atoms with Gasteiger partial charge >= 0.3 is 0 Å². The van der Waals surface area contributed by atoms with Gasteiger partial charge in [0.15, 0.2) is 0 Å². The van der Waals surface area contributed by atoms with Crippen LogP contribution in [0.3, 0.4) is 0 Å². The molecule has 1 saturated carbocycles. The second kappa shape index (κ2) is 6.54. The van der Waals surface area contributed by atoms with Crippen molar-refractivity contribution in [2.24, 2.45) is 17.3 Å². The van der Waals surface area contributed by atoms with Gasteiger partial charge in [0.05, 0.1) is 5.92 Å². The number of nitrogens with one attached hydrogen (secondary N) is 1. The third-order valence-electron chi connectivity index (χ3n) is 5.42. The first-order valence-electron chi connectivity index (χ1n) is 8.87. The van der Waals surface area contributed by atoms with Crippen LogP contribution in [0, 0.1) is 17.3 Å². The van der Waals surface area contributed by atoms with Gasteiger partial charge in [0.1, 0.15) is 5.82 Å². The van der Waals surface area contributed by atoms with Gasteiger partial charge in [0, 0.05) is 25.3 Å². The van der Waals surface area contributed by atoms with Crippen molar-refractivity contribution in [3.8, 4) is 0 Å². The molecule has 0 unspecified atom stereocenters. The molecule has 1 aliphatic heterocycles. The van der Waals surface area contributed by atoms with E-state index >= 15 is 0 Å². The molecular weight excluding hydrogens is 300 g/mol. The lowest BCUT2D eigenvalue weighted by atomic mass is 10.0. The molecule has 2 heterocycles. The van der Waals surface area contributed by atoms with Crippen LogP contribution in [0.1, 0.15) is 40.5 Å². The molecule has 0 radical (unpaired) electrons. The van der Waals surface area contributed by atoms with Gasteiger partial charge in [-0.25, -0.2) is 0 Å². The first-order valence-corrected chi connectivity index (χ1v) is 8.87. The summed E-state index contributed by atoms with van der Waals surface area (Å²) >= 11 is 0. The fourth-order valence-electron chi connectivity index (χ4n) is 3.85. The van der Waals surface area contributed by atoms with Crippen LogP contribution in [0.25, 0.3) is 0 Å². The second-order valence-electron chi connectivity index (χ2n) is 7.92. The van der Waals surface area contributed by atoms with E-state index < -0.39 is 0 Å². The van der Waals surface area contributed by atoms with Crippen molar-refractivity contribution >= 4 is 11.7 Å². The Morgan fingerprint density at radius 1 is 1.33 bits per heavy atom. The monoisotopic (exact) mass is 328 g/mol. The van der Waals surface area contributed by atoms with Crippen molar-refractivity contribution in [3.63, 3.8) is 0 Å². The molecule has 0 aromatic carbocycles. The number of anilines is 1. The number of aromatic nitrogens is 2. The lowest BCUT2D eigenvalue weighted by Crippen LogP contribution is -2.43. The third-order valence-corrected chi connectivity index (χ3v) is 5.42. The number of rotatable bonds is 4. The van der Waals surface area contributed by atoms with Crippen LogP contribution >= 0.6 is 0 Å². The molecule has 5 nitrogen and oxygen atoms in total. The Balaban J connectivity index is 1.53. The Labute approximate surface area is 144 Å². The molecule has 130 valence electrons. The van der Waals surface area contributed by atoms with Crippen molar-refractivity contribution in [1.29, 1.82) is 0 Å². The lowest BCUT2D eigenvalue weighted by Gasteiger charge is -2.33.